The molecule has 0 saturated carbocycles. The van der Waals surface area contributed by atoms with Crippen LogP contribution in [0.5, 0.6) is 0 Å². The number of rotatable bonds is 4. The number of hydroxylamine groups is 1. The maximum atomic E-state index is 5.30. The van der Waals surface area contributed by atoms with E-state index in [4.69, 9.17) is 4.84 Å². The van der Waals surface area contributed by atoms with Gasteiger partial charge in [-0.2, -0.15) is 0 Å². The molecule has 1 aromatic carbocycles. The summed E-state index contributed by atoms with van der Waals surface area (Å²) in [5.41, 5.74) is 1.12. The van der Waals surface area contributed by atoms with Crippen LogP contribution in [0.3, 0.4) is 0 Å². The van der Waals surface area contributed by atoms with Crippen molar-refractivity contribution in [2.45, 2.75) is 59.4 Å². The van der Waals surface area contributed by atoms with Gasteiger partial charge in [-0.15, -0.1) is 0 Å². The highest BCUT2D eigenvalue weighted by atomic mass is 16.7. The average molecular weight is 264 g/mol. The summed E-state index contributed by atoms with van der Waals surface area (Å²) < 4.78 is 1.85. The SMILES string of the molecule is CCCCC.CO/[N+](=C\c1ccccc1)C(C)(C)C. The van der Waals surface area contributed by atoms with Crippen molar-refractivity contribution in [2.75, 3.05) is 7.11 Å². The summed E-state index contributed by atoms with van der Waals surface area (Å²) in [6.07, 6.45) is 6.08. The molecule has 0 radical (unpaired) electrons. The smallest absolute Gasteiger partial charge is 0.223 e. The van der Waals surface area contributed by atoms with Gasteiger partial charge in [-0.05, 0) is 16.9 Å². The normalized spacial score (nSPS) is 11.6. The Kier molecular flexibility index (Phi) is 8.94. The molecule has 0 heterocycles. The van der Waals surface area contributed by atoms with E-state index in [1.165, 1.54) is 19.3 Å². The van der Waals surface area contributed by atoms with E-state index >= 15 is 0 Å². The molecule has 0 unspecified atom stereocenters. The summed E-state index contributed by atoms with van der Waals surface area (Å²) in [5.74, 6) is 0. The fourth-order valence-corrected chi connectivity index (χ4v) is 1.55. The second-order valence-electron chi connectivity index (χ2n) is 5.57. The number of benzene rings is 1. The van der Waals surface area contributed by atoms with Gasteiger partial charge in [0.25, 0.3) is 0 Å². The highest BCUT2D eigenvalue weighted by molar-refractivity contribution is 5.75. The standard InChI is InChI=1S/C12H18NO.C5H12/c1-12(2,3)13(14-4)10-11-8-6-5-7-9-11;1-3-5-4-2/h5-10H,1-4H3;3-5H2,1-2H3/q+1;/b13-10-;. The van der Waals surface area contributed by atoms with Crippen molar-refractivity contribution in [1.82, 2.24) is 0 Å². The van der Waals surface area contributed by atoms with E-state index in [9.17, 15) is 0 Å². The Labute approximate surface area is 119 Å². The molecule has 1 rings (SSSR count). The molecule has 0 aliphatic rings. The minimum atomic E-state index is -0.0232. The maximum Gasteiger partial charge on any atom is 0.223 e. The fraction of sp³-hybridized carbons (Fsp3) is 0.588. The van der Waals surface area contributed by atoms with Gasteiger partial charge in [0.15, 0.2) is 0 Å². The molecule has 0 aromatic heterocycles. The van der Waals surface area contributed by atoms with Crippen LogP contribution >= 0.6 is 0 Å². The van der Waals surface area contributed by atoms with Gasteiger partial charge in [0, 0.05) is 26.3 Å². The van der Waals surface area contributed by atoms with Crippen molar-refractivity contribution in [1.29, 1.82) is 0 Å². The van der Waals surface area contributed by atoms with Gasteiger partial charge in [0.1, 0.15) is 7.11 Å². The van der Waals surface area contributed by atoms with Crippen LogP contribution in [0.2, 0.25) is 0 Å². The van der Waals surface area contributed by atoms with Crippen molar-refractivity contribution in [3.63, 3.8) is 0 Å². The van der Waals surface area contributed by atoms with Crippen LogP contribution in [0.4, 0.5) is 0 Å². The largest absolute Gasteiger partial charge is 0.280 e. The fourth-order valence-electron chi connectivity index (χ4n) is 1.55. The first-order valence-electron chi connectivity index (χ1n) is 7.19. The van der Waals surface area contributed by atoms with E-state index in [0.29, 0.717) is 0 Å². The van der Waals surface area contributed by atoms with Crippen LogP contribution < -0.4 is 0 Å². The molecule has 19 heavy (non-hydrogen) atoms. The topological polar surface area (TPSA) is 12.2 Å². The summed E-state index contributed by atoms with van der Waals surface area (Å²) in [6.45, 7) is 10.7. The Balaban J connectivity index is 0.000000555. The Bertz CT molecular complexity index is 347. The van der Waals surface area contributed by atoms with Crippen LogP contribution in [0.15, 0.2) is 30.3 Å². The van der Waals surface area contributed by atoms with Crippen LogP contribution in [0.25, 0.3) is 0 Å². The lowest BCUT2D eigenvalue weighted by atomic mass is 10.1. The van der Waals surface area contributed by atoms with Crippen molar-refractivity contribution >= 4 is 6.21 Å². The van der Waals surface area contributed by atoms with Crippen LogP contribution in [-0.2, 0) is 4.84 Å². The van der Waals surface area contributed by atoms with Gasteiger partial charge in [-0.1, -0.05) is 51.3 Å². The quantitative estimate of drug-likeness (QED) is 0.437. The third-order valence-corrected chi connectivity index (χ3v) is 2.63. The molecule has 108 valence electrons. The lowest BCUT2D eigenvalue weighted by Crippen LogP contribution is -2.33. The lowest BCUT2D eigenvalue weighted by molar-refractivity contribution is -0.821. The Morgan fingerprint density at radius 2 is 1.58 bits per heavy atom. The summed E-state index contributed by atoms with van der Waals surface area (Å²) in [5, 5.41) is 0. The van der Waals surface area contributed by atoms with E-state index < -0.39 is 0 Å². The molecule has 0 amide bonds. The summed E-state index contributed by atoms with van der Waals surface area (Å²) in [4.78, 5) is 5.30. The molecule has 0 aliphatic heterocycles. The summed E-state index contributed by atoms with van der Waals surface area (Å²) >= 11 is 0. The molecule has 0 saturated heterocycles. The van der Waals surface area contributed by atoms with Crippen molar-refractivity contribution < 1.29 is 9.58 Å². The molecule has 0 fully saturated rings. The number of hydrogen-bond donors (Lipinski definition) is 0. The third-order valence-electron chi connectivity index (χ3n) is 2.63. The first-order valence-corrected chi connectivity index (χ1v) is 7.19. The molecular formula is C17H30NO+. The Hall–Kier alpha value is -1.31. The van der Waals surface area contributed by atoms with Crippen molar-refractivity contribution in [3.05, 3.63) is 35.9 Å². The molecule has 0 bridgehead atoms. The lowest BCUT2D eigenvalue weighted by Gasteiger charge is -2.13. The van der Waals surface area contributed by atoms with E-state index in [2.05, 4.69) is 46.8 Å². The zero-order valence-electron chi connectivity index (χ0n) is 13.4. The predicted octanol–water partition coefficient (Wildman–Crippen LogP) is 4.67. The monoisotopic (exact) mass is 264 g/mol. The second kappa shape index (κ2) is 9.60. The first kappa shape index (κ1) is 17.7. The summed E-state index contributed by atoms with van der Waals surface area (Å²) in [6, 6.07) is 10.1. The molecule has 0 atom stereocenters. The minimum Gasteiger partial charge on any atom is -0.280 e. The van der Waals surface area contributed by atoms with Gasteiger partial charge in [-0.3, -0.25) is 4.84 Å². The van der Waals surface area contributed by atoms with Crippen molar-refractivity contribution in [3.8, 4) is 0 Å². The molecule has 1 aromatic rings. The van der Waals surface area contributed by atoms with E-state index in [-0.39, 0.29) is 5.54 Å². The van der Waals surface area contributed by atoms with Crippen molar-refractivity contribution in [2.24, 2.45) is 0 Å². The zero-order chi connectivity index (χ0) is 14.7. The predicted molar refractivity (Wildman–Crippen MR) is 83.8 cm³/mol. The molecule has 0 N–H and O–H groups in total. The van der Waals surface area contributed by atoms with E-state index in [1.54, 1.807) is 7.11 Å². The Morgan fingerprint density at radius 3 is 1.89 bits per heavy atom. The van der Waals surface area contributed by atoms with Gasteiger partial charge in [0.05, 0.1) is 0 Å². The molecule has 2 heteroatoms. The number of nitrogens with zero attached hydrogens (tertiary/aromatic N) is 1. The highest BCUT2D eigenvalue weighted by Gasteiger charge is 2.25. The molecular weight excluding hydrogens is 234 g/mol. The van der Waals surface area contributed by atoms with Gasteiger partial charge < -0.3 is 0 Å². The number of hydrogen-bond acceptors (Lipinski definition) is 1. The summed E-state index contributed by atoms with van der Waals surface area (Å²) in [7, 11) is 1.69. The van der Waals surface area contributed by atoms with Crippen LogP contribution in [0.1, 0.15) is 59.4 Å². The average Bonchev–Trinajstić information content (AvgIpc) is 2.37. The zero-order valence-corrected chi connectivity index (χ0v) is 13.4. The number of unbranched alkanes of at least 4 members (excludes halogenated alkanes) is 2. The van der Waals surface area contributed by atoms with Gasteiger partial charge in [-0.25, -0.2) is 0 Å². The third kappa shape index (κ3) is 8.41. The van der Waals surface area contributed by atoms with E-state index in [1.807, 2.05) is 29.2 Å². The molecule has 0 spiro atoms. The van der Waals surface area contributed by atoms with E-state index in [0.717, 1.165) is 5.56 Å². The Morgan fingerprint density at radius 1 is 1.05 bits per heavy atom. The minimum absolute atomic E-state index is 0.0232. The van der Waals surface area contributed by atoms with Gasteiger partial charge in [0.2, 0.25) is 11.8 Å². The first-order chi connectivity index (χ1) is 8.95. The van der Waals surface area contributed by atoms with Crippen LogP contribution in [0, 0.1) is 0 Å². The van der Waals surface area contributed by atoms with Crippen LogP contribution in [-0.4, -0.2) is 23.6 Å². The molecule has 2 nitrogen and oxygen atoms in total. The highest BCUT2D eigenvalue weighted by Crippen LogP contribution is 2.07. The second-order valence-corrected chi connectivity index (χ2v) is 5.57. The van der Waals surface area contributed by atoms with Gasteiger partial charge >= 0.3 is 0 Å². The molecule has 0 aliphatic carbocycles. The maximum absolute atomic E-state index is 5.30.